The van der Waals surface area contributed by atoms with E-state index >= 15 is 0 Å². The first kappa shape index (κ1) is 15.8. The van der Waals surface area contributed by atoms with Gasteiger partial charge in [-0.15, -0.1) is 0 Å². The Kier molecular flexibility index (Phi) is 7.73. The van der Waals surface area contributed by atoms with E-state index in [0.29, 0.717) is 5.02 Å². The number of hydrogen-bond acceptors (Lipinski definition) is 1. The molecule has 18 heavy (non-hydrogen) atoms. The van der Waals surface area contributed by atoms with Crippen molar-refractivity contribution in [3.63, 3.8) is 0 Å². The summed E-state index contributed by atoms with van der Waals surface area (Å²) in [6.07, 6.45) is 8.67. The maximum Gasteiger partial charge on any atom is 0.0454 e. The summed E-state index contributed by atoms with van der Waals surface area (Å²) in [5.41, 5.74) is 7.13. The highest BCUT2D eigenvalue weighted by atomic mass is 35.5. The molecule has 2 N–H and O–H groups in total. The van der Waals surface area contributed by atoms with Gasteiger partial charge in [0.05, 0.1) is 0 Å². The van der Waals surface area contributed by atoms with Crippen LogP contribution in [0.5, 0.6) is 0 Å². The molecule has 0 saturated carbocycles. The SMILES string of the molecule is CCCCCCCCC(N)c1cc(Cl)ccc1Cl. The van der Waals surface area contributed by atoms with Crippen LogP contribution in [-0.4, -0.2) is 0 Å². The standard InChI is InChI=1S/C15H23Cl2N/c1-2-3-4-5-6-7-8-15(18)13-11-12(16)9-10-14(13)17/h9-11,15H,2-8,18H2,1H3. The molecule has 3 heteroatoms. The monoisotopic (exact) mass is 287 g/mol. The van der Waals surface area contributed by atoms with E-state index in [0.717, 1.165) is 23.4 Å². The molecular formula is C15H23Cl2N. The minimum absolute atomic E-state index is 0.00220. The van der Waals surface area contributed by atoms with E-state index in [1.54, 1.807) is 6.07 Å². The second-order valence-electron chi connectivity index (χ2n) is 4.83. The molecule has 1 aromatic rings. The fourth-order valence-electron chi connectivity index (χ4n) is 2.10. The van der Waals surface area contributed by atoms with Gasteiger partial charge in [0.25, 0.3) is 0 Å². The zero-order valence-corrected chi connectivity index (χ0v) is 12.6. The summed E-state index contributed by atoms with van der Waals surface area (Å²) in [7, 11) is 0. The second-order valence-corrected chi connectivity index (χ2v) is 5.67. The molecule has 0 saturated heterocycles. The summed E-state index contributed by atoms with van der Waals surface area (Å²) in [6, 6.07) is 5.50. The van der Waals surface area contributed by atoms with E-state index in [1.165, 1.54) is 32.1 Å². The van der Waals surface area contributed by atoms with Gasteiger partial charge < -0.3 is 5.73 Å². The van der Waals surface area contributed by atoms with Crippen LogP contribution in [-0.2, 0) is 0 Å². The van der Waals surface area contributed by atoms with Crippen molar-refractivity contribution in [2.24, 2.45) is 5.73 Å². The van der Waals surface area contributed by atoms with Crippen LogP contribution >= 0.6 is 23.2 Å². The van der Waals surface area contributed by atoms with Gasteiger partial charge in [-0.2, -0.15) is 0 Å². The Balaban J connectivity index is 2.31. The first-order valence-electron chi connectivity index (χ1n) is 6.85. The molecule has 0 aromatic heterocycles. The number of rotatable bonds is 8. The summed E-state index contributed by atoms with van der Waals surface area (Å²) in [5.74, 6) is 0. The topological polar surface area (TPSA) is 26.0 Å². The van der Waals surface area contributed by atoms with Crippen LogP contribution in [0.15, 0.2) is 18.2 Å². The van der Waals surface area contributed by atoms with Crippen LogP contribution in [0.3, 0.4) is 0 Å². The Morgan fingerprint density at radius 1 is 1.06 bits per heavy atom. The molecule has 0 aliphatic heterocycles. The van der Waals surface area contributed by atoms with E-state index in [9.17, 15) is 0 Å². The van der Waals surface area contributed by atoms with Gasteiger partial charge in [-0.3, -0.25) is 0 Å². The molecule has 1 nitrogen and oxygen atoms in total. The first-order valence-corrected chi connectivity index (χ1v) is 7.61. The predicted octanol–water partition coefficient (Wildman–Crippen LogP) is 5.74. The molecule has 0 amide bonds. The average Bonchev–Trinajstić information content (AvgIpc) is 2.36. The van der Waals surface area contributed by atoms with E-state index in [2.05, 4.69) is 6.92 Å². The Hall–Kier alpha value is -0.240. The van der Waals surface area contributed by atoms with E-state index in [1.807, 2.05) is 12.1 Å². The lowest BCUT2D eigenvalue weighted by atomic mass is 10.0. The molecule has 102 valence electrons. The molecular weight excluding hydrogens is 265 g/mol. The van der Waals surface area contributed by atoms with Crippen LogP contribution in [0.2, 0.25) is 10.0 Å². The van der Waals surface area contributed by atoms with Crippen LogP contribution in [0.4, 0.5) is 0 Å². The molecule has 1 aromatic carbocycles. The third-order valence-corrected chi connectivity index (χ3v) is 3.81. The molecule has 0 radical (unpaired) electrons. The second kappa shape index (κ2) is 8.79. The lowest BCUT2D eigenvalue weighted by molar-refractivity contribution is 0.547. The lowest BCUT2D eigenvalue weighted by Crippen LogP contribution is -2.10. The quantitative estimate of drug-likeness (QED) is 0.606. The van der Waals surface area contributed by atoms with Gasteiger partial charge in [-0.05, 0) is 30.2 Å². The largest absolute Gasteiger partial charge is 0.324 e. The molecule has 1 atom stereocenters. The Labute approximate surface area is 121 Å². The summed E-state index contributed by atoms with van der Waals surface area (Å²) < 4.78 is 0. The molecule has 0 spiro atoms. The van der Waals surface area contributed by atoms with Crippen molar-refractivity contribution < 1.29 is 0 Å². The molecule has 0 bridgehead atoms. The average molecular weight is 288 g/mol. The normalized spacial score (nSPS) is 12.7. The van der Waals surface area contributed by atoms with Crippen molar-refractivity contribution in [2.45, 2.75) is 57.9 Å². The highest BCUT2D eigenvalue weighted by Crippen LogP contribution is 2.28. The fraction of sp³-hybridized carbons (Fsp3) is 0.600. The van der Waals surface area contributed by atoms with Crippen molar-refractivity contribution >= 4 is 23.2 Å². The van der Waals surface area contributed by atoms with Crippen molar-refractivity contribution in [1.82, 2.24) is 0 Å². The zero-order chi connectivity index (χ0) is 13.4. The highest BCUT2D eigenvalue weighted by molar-refractivity contribution is 6.33. The van der Waals surface area contributed by atoms with Gasteiger partial charge >= 0.3 is 0 Å². The third-order valence-electron chi connectivity index (χ3n) is 3.23. The zero-order valence-electron chi connectivity index (χ0n) is 11.1. The van der Waals surface area contributed by atoms with Gasteiger partial charge in [0, 0.05) is 16.1 Å². The fourth-order valence-corrected chi connectivity index (χ4v) is 2.54. The summed E-state index contributed by atoms with van der Waals surface area (Å²) in [5, 5.41) is 1.42. The van der Waals surface area contributed by atoms with Crippen molar-refractivity contribution in [1.29, 1.82) is 0 Å². The van der Waals surface area contributed by atoms with Crippen molar-refractivity contribution in [2.75, 3.05) is 0 Å². The van der Waals surface area contributed by atoms with E-state index in [-0.39, 0.29) is 6.04 Å². The number of hydrogen-bond donors (Lipinski definition) is 1. The van der Waals surface area contributed by atoms with Crippen molar-refractivity contribution in [3.8, 4) is 0 Å². The number of halogens is 2. The van der Waals surface area contributed by atoms with Gasteiger partial charge in [-0.25, -0.2) is 0 Å². The lowest BCUT2D eigenvalue weighted by Gasteiger charge is -2.14. The van der Waals surface area contributed by atoms with Crippen molar-refractivity contribution in [3.05, 3.63) is 33.8 Å². The minimum atomic E-state index is 0.00220. The van der Waals surface area contributed by atoms with Crippen LogP contribution < -0.4 is 5.73 Å². The first-order chi connectivity index (χ1) is 8.65. The molecule has 0 aliphatic rings. The van der Waals surface area contributed by atoms with Crippen LogP contribution in [0, 0.1) is 0 Å². The number of nitrogens with two attached hydrogens (primary N) is 1. The Morgan fingerprint density at radius 3 is 2.44 bits per heavy atom. The molecule has 0 aliphatic carbocycles. The third kappa shape index (κ3) is 5.60. The molecule has 0 heterocycles. The summed E-state index contributed by atoms with van der Waals surface area (Å²) >= 11 is 12.1. The van der Waals surface area contributed by atoms with Crippen LogP contribution in [0.25, 0.3) is 0 Å². The van der Waals surface area contributed by atoms with E-state index in [4.69, 9.17) is 28.9 Å². The van der Waals surface area contributed by atoms with Gasteiger partial charge in [0.2, 0.25) is 0 Å². The Morgan fingerprint density at radius 2 is 1.72 bits per heavy atom. The number of unbranched alkanes of at least 4 members (excludes halogenated alkanes) is 5. The van der Waals surface area contributed by atoms with E-state index < -0.39 is 0 Å². The number of benzene rings is 1. The van der Waals surface area contributed by atoms with Gasteiger partial charge in [0.1, 0.15) is 0 Å². The molecule has 1 unspecified atom stereocenters. The highest BCUT2D eigenvalue weighted by Gasteiger charge is 2.10. The van der Waals surface area contributed by atoms with Gasteiger partial charge in [-0.1, -0.05) is 68.7 Å². The minimum Gasteiger partial charge on any atom is -0.324 e. The summed E-state index contributed by atoms with van der Waals surface area (Å²) in [6.45, 7) is 2.23. The maximum atomic E-state index is 6.16. The smallest absolute Gasteiger partial charge is 0.0454 e. The summed E-state index contributed by atoms with van der Waals surface area (Å²) in [4.78, 5) is 0. The predicted molar refractivity (Wildman–Crippen MR) is 81.4 cm³/mol. The van der Waals surface area contributed by atoms with Gasteiger partial charge in [0.15, 0.2) is 0 Å². The molecule has 0 fully saturated rings. The maximum absolute atomic E-state index is 6.16. The Bertz CT molecular complexity index is 352. The molecule has 1 rings (SSSR count). The van der Waals surface area contributed by atoms with Crippen LogP contribution in [0.1, 0.15) is 63.5 Å².